The molecule has 93 heavy (non-hydrogen) atoms. The van der Waals surface area contributed by atoms with Gasteiger partial charge in [0.05, 0.1) is 19.3 Å². The number of β-amino-alcohol motifs (C(OH)–C–C–N with tert-alkyl or cyclic N) is 1. The third-order valence-corrected chi connectivity index (χ3v) is 16.7. The summed E-state index contributed by atoms with van der Waals surface area (Å²) in [6, 6.07) is 3.04. The number of nitrogens with two attached hydrogens (primary N) is 6. The molecule has 10 atom stereocenters. The van der Waals surface area contributed by atoms with Gasteiger partial charge < -0.3 is 102 Å². The highest BCUT2D eigenvalue weighted by molar-refractivity contribution is 7.10. The van der Waals surface area contributed by atoms with Crippen molar-refractivity contribution in [2.45, 2.75) is 144 Å². The number of carbonyl (C=O) groups is 11. The van der Waals surface area contributed by atoms with Crippen LogP contribution in [0.25, 0.3) is 0 Å². The maximum atomic E-state index is 14.5. The van der Waals surface area contributed by atoms with E-state index in [0.29, 0.717) is 21.7 Å². The van der Waals surface area contributed by atoms with Gasteiger partial charge in [0.2, 0.25) is 59.1 Å². The molecule has 4 heterocycles. The van der Waals surface area contributed by atoms with Crippen LogP contribution in [0.4, 0.5) is 0 Å². The van der Waals surface area contributed by atoms with E-state index in [-0.39, 0.29) is 121 Å². The van der Waals surface area contributed by atoms with Crippen LogP contribution in [0, 0.1) is 0 Å². The minimum absolute atomic E-state index is 0.00694. The molecule has 0 aliphatic carbocycles. The second kappa shape index (κ2) is 37.8. The first-order valence-corrected chi connectivity index (χ1v) is 31.8. The maximum Gasteiger partial charge on any atom is 0.326 e. The molecule has 2 fully saturated rings. The van der Waals surface area contributed by atoms with Crippen LogP contribution in [-0.4, -0.2) is 214 Å². The third kappa shape index (κ3) is 24.9. The number of nitrogens with one attached hydrogen (secondary N) is 8. The number of aliphatic carboxylic acids is 1. The lowest BCUT2D eigenvalue weighted by Crippen LogP contribution is -2.60. The number of thiophene rings is 2. The predicted molar refractivity (Wildman–Crippen MR) is 344 cm³/mol. The van der Waals surface area contributed by atoms with Crippen molar-refractivity contribution in [1.29, 1.82) is 0 Å². The SMILES string of the molecule is CC(=O)N[C@H](CCCN=C(N)N)C(=O)N[C@@H](CCCN=C(N)N)C(=O)N1CCC[C@H]1C(=O)N1C[C@H](O)C[C@H]1C(=O)NCC(=O)N[C@@H](Cc1cccs1)C(=O)N[C@@H](CO)C(=O)N[C@H](Cc1ccccc1)C(=O)N[C@@H](Cc1cccs1)C(=O)N[C@@H](CCCN=C(N)N)C(=O)O. The molecule has 1 aromatic carbocycles. The number of aliphatic hydroxyl groups excluding tert-OH is 2. The molecule has 0 spiro atoms. The van der Waals surface area contributed by atoms with Gasteiger partial charge in [-0.1, -0.05) is 42.5 Å². The van der Waals surface area contributed by atoms with Gasteiger partial charge in [0, 0.05) is 75.1 Å². The lowest BCUT2D eigenvalue weighted by Gasteiger charge is -2.33. The van der Waals surface area contributed by atoms with E-state index in [9.17, 15) is 68.1 Å². The average Bonchev–Trinajstić information content (AvgIpc) is 1.69. The molecular formula is C58H85N19O14S2. The molecule has 0 radical (unpaired) electrons. The van der Waals surface area contributed by atoms with Crippen LogP contribution in [0.5, 0.6) is 0 Å². The molecule has 2 aliphatic rings. The van der Waals surface area contributed by atoms with E-state index in [1.54, 1.807) is 65.4 Å². The van der Waals surface area contributed by atoms with Gasteiger partial charge in [-0.3, -0.25) is 62.9 Å². The molecule has 0 unspecified atom stereocenters. The van der Waals surface area contributed by atoms with Gasteiger partial charge in [0.25, 0.3) is 0 Å². The Hall–Kier alpha value is -9.48. The summed E-state index contributed by atoms with van der Waals surface area (Å²) in [6.45, 7) is -0.454. The smallest absolute Gasteiger partial charge is 0.326 e. The fraction of sp³-hybridized carbons (Fsp3) is 0.517. The zero-order valence-electron chi connectivity index (χ0n) is 51.4. The van der Waals surface area contributed by atoms with Crippen molar-refractivity contribution in [3.05, 3.63) is 80.7 Å². The molecule has 2 saturated heterocycles. The van der Waals surface area contributed by atoms with Crippen LogP contribution in [0.1, 0.15) is 80.0 Å². The van der Waals surface area contributed by atoms with Crippen LogP contribution >= 0.6 is 22.7 Å². The minimum Gasteiger partial charge on any atom is -0.480 e. The Morgan fingerprint density at radius 2 is 1.04 bits per heavy atom. The normalized spacial score (nSPS) is 17.3. The van der Waals surface area contributed by atoms with E-state index in [1.807, 2.05) is 0 Å². The number of hydrogen-bond acceptors (Lipinski definition) is 18. The molecule has 2 aromatic heterocycles. The van der Waals surface area contributed by atoms with Crippen molar-refractivity contribution < 1.29 is 68.1 Å². The Morgan fingerprint density at radius 1 is 0.570 bits per heavy atom. The summed E-state index contributed by atoms with van der Waals surface area (Å²) in [7, 11) is 0. The predicted octanol–water partition coefficient (Wildman–Crippen LogP) is -5.44. The number of guanidine groups is 3. The molecule has 33 nitrogen and oxygen atoms in total. The highest BCUT2D eigenvalue weighted by Crippen LogP contribution is 2.27. The summed E-state index contributed by atoms with van der Waals surface area (Å²) in [5.41, 5.74) is 33.2. The lowest BCUT2D eigenvalue weighted by atomic mass is 10.0. The second-order valence-corrected chi connectivity index (χ2v) is 24.2. The third-order valence-electron chi connectivity index (χ3n) is 14.9. The van der Waals surface area contributed by atoms with Crippen LogP contribution in [0.2, 0.25) is 0 Å². The number of aliphatic hydroxyl groups is 2. The molecule has 0 saturated carbocycles. The van der Waals surface area contributed by atoms with Gasteiger partial charge in [-0.2, -0.15) is 0 Å². The fourth-order valence-corrected chi connectivity index (χ4v) is 11.9. The Bertz CT molecular complexity index is 3110. The first-order valence-electron chi connectivity index (χ1n) is 30.1. The molecule has 35 heteroatoms. The van der Waals surface area contributed by atoms with Crippen molar-refractivity contribution in [1.82, 2.24) is 52.3 Å². The van der Waals surface area contributed by atoms with Crippen molar-refractivity contribution >= 4 is 106 Å². The Morgan fingerprint density at radius 3 is 1.55 bits per heavy atom. The summed E-state index contributed by atoms with van der Waals surface area (Å²) in [5, 5.41) is 55.3. The van der Waals surface area contributed by atoms with Gasteiger partial charge in [0.1, 0.15) is 54.4 Å². The van der Waals surface area contributed by atoms with Crippen LogP contribution in [0.15, 0.2) is 80.3 Å². The van der Waals surface area contributed by atoms with E-state index >= 15 is 0 Å². The van der Waals surface area contributed by atoms with Crippen LogP contribution in [-0.2, 0) is 72.0 Å². The number of benzene rings is 1. The second-order valence-electron chi connectivity index (χ2n) is 22.1. The highest BCUT2D eigenvalue weighted by atomic mass is 32.1. The number of likely N-dealkylation sites (tertiary alicyclic amines) is 2. The van der Waals surface area contributed by atoms with E-state index < -0.39 is 139 Å². The van der Waals surface area contributed by atoms with Gasteiger partial charge in [0.15, 0.2) is 17.9 Å². The number of aliphatic imine (C=N–C) groups is 3. The molecular weight excluding hydrogens is 1250 g/mol. The summed E-state index contributed by atoms with van der Waals surface area (Å²) in [4.78, 5) is 167. The van der Waals surface area contributed by atoms with E-state index in [4.69, 9.17) is 34.4 Å². The molecule has 3 aromatic rings. The van der Waals surface area contributed by atoms with Crippen molar-refractivity contribution in [2.75, 3.05) is 45.9 Å². The molecule has 0 bridgehead atoms. The zero-order valence-corrected chi connectivity index (χ0v) is 53.0. The summed E-state index contributed by atoms with van der Waals surface area (Å²) < 4.78 is 0. The fourth-order valence-electron chi connectivity index (χ4n) is 10.3. The van der Waals surface area contributed by atoms with Crippen LogP contribution < -0.4 is 76.9 Å². The molecule has 508 valence electrons. The summed E-state index contributed by atoms with van der Waals surface area (Å²) >= 11 is 2.51. The van der Waals surface area contributed by atoms with E-state index in [1.165, 1.54) is 34.5 Å². The van der Waals surface area contributed by atoms with Crippen molar-refractivity contribution in [2.24, 2.45) is 49.4 Å². The maximum absolute atomic E-state index is 14.5. The lowest BCUT2D eigenvalue weighted by molar-refractivity contribution is -0.148. The van der Waals surface area contributed by atoms with Crippen molar-refractivity contribution in [3.8, 4) is 0 Å². The molecule has 2 aliphatic heterocycles. The first-order chi connectivity index (χ1) is 44.3. The Balaban J connectivity index is 1.27. The zero-order chi connectivity index (χ0) is 68.1. The molecule has 5 rings (SSSR count). The topological polar surface area (TPSA) is 544 Å². The number of amides is 10. The Kier molecular flexibility index (Phi) is 30.1. The average molecular weight is 1340 g/mol. The summed E-state index contributed by atoms with van der Waals surface area (Å²) in [6.07, 6.45) is -0.588. The standard InChI is InChI=1S/C58H85N19O14S2/c1-32(79)69-37(15-5-19-65-56(59)60)47(82)71-38(16-6-20-66-57(61)62)53(88)76-22-8-18-44(76)54(89)77-30-34(80)26-45(77)52(87)68-29-46(81)70-41(27-35-13-9-23-92-35)49(84)75-43(31-78)51(86)73-40(25-33-11-3-2-4-12-33)48(83)74-42(28-36-14-10-24-93-36)50(85)72-39(55(90)91)17-7-21-67-58(63)64/h2-4,9-14,23-24,34,37-45,78,80H,5-8,15-22,25-31H2,1H3,(H,68,87)(H,69,79)(H,70,81)(H,71,82)(H,72,85)(H,73,86)(H,74,83)(H,75,84)(H,90,91)(H4,59,60,65)(H4,61,62,66)(H4,63,64,67)/t34-,37-,38+,39+,40-,41+,42+,43+,44+,45+/m1/s1. The number of carbonyl (C=O) groups excluding carboxylic acids is 10. The van der Waals surface area contributed by atoms with Gasteiger partial charge in [-0.25, -0.2) is 4.79 Å². The highest BCUT2D eigenvalue weighted by Gasteiger charge is 2.46. The van der Waals surface area contributed by atoms with Crippen molar-refractivity contribution in [3.63, 3.8) is 0 Å². The number of hydrogen-bond donors (Lipinski definition) is 17. The summed E-state index contributed by atoms with van der Waals surface area (Å²) in [5.74, 6) is -9.96. The van der Waals surface area contributed by atoms with Gasteiger partial charge in [-0.15, -0.1) is 22.7 Å². The number of carboxylic acids is 1. The van der Waals surface area contributed by atoms with Gasteiger partial charge in [-0.05, 0) is 79.8 Å². The quantitative estimate of drug-likeness (QED) is 0.0145. The minimum atomic E-state index is -1.74. The largest absolute Gasteiger partial charge is 0.480 e. The Labute approximate surface area is 544 Å². The van der Waals surface area contributed by atoms with Gasteiger partial charge >= 0.3 is 5.97 Å². The number of rotatable bonds is 37. The first kappa shape index (κ1) is 74.2. The van der Waals surface area contributed by atoms with E-state index in [2.05, 4.69) is 57.5 Å². The molecule has 10 amide bonds. The van der Waals surface area contributed by atoms with Crippen LogP contribution in [0.3, 0.4) is 0 Å². The molecule has 23 N–H and O–H groups in total. The number of nitrogens with zero attached hydrogens (tertiary/aromatic N) is 5. The van der Waals surface area contributed by atoms with E-state index in [0.717, 1.165) is 4.90 Å². The number of carboxylic acid groups (broad SMARTS) is 1. The monoisotopic (exact) mass is 1340 g/mol.